The molecule has 1 heterocycles. The molecule has 6 nitrogen and oxygen atoms in total. The van der Waals surface area contributed by atoms with Crippen molar-refractivity contribution in [1.82, 2.24) is 4.57 Å². The summed E-state index contributed by atoms with van der Waals surface area (Å²) >= 11 is 0. The molecule has 130 valence electrons. The van der Waals surface area contributed by atoms with Crippen LogP contribution in [0.5, 0.6) is 5.75 Å². The fraction of sp³-hybridized carbons (Fsp3) is 0.389. The molecule has 0 bridgehead atoms. The SMILES string of the molecule is CCC(OCCN)n1cc(OCc2ccccc2)c(=O)cc1CO. The predicted molar refractivity (Wildman–Crippen MR) is 91.7 cm³/mol. The van der Waals surface area contributed by atoms with E-state index in [0.29, 0.717) is 31.9 Å². The molecular formula is C18H24N2O4. The first-order valence-electron chi connectivity index (χ1n) is 8.03. The van der Waals surface area contributed by atoms with Gasteiger partial charge in [-0.3, -0.25) is 4.79 Å². The summed E-state index contributed by atoms with van der Waals surface area (Å²) in [5.74, 6) is 0.228. The van der Waals surface area contributed by atoms with Gasteiger partial charge in [-0.25, -0.2) is 0 Å². The molecule has 0 spiro atoms. The van der Waals surface area contributed by atoms with E-state index in [4.69, 9.17) is 15.2 Å². The minimum atomic E-state index is -0.310. The molecule has 3 N–H and O–H groups in total. The highest BCUT2D eigenvalue weighted by Crippen LogP contribution is 2.19. The smallest absolute Gasteiger partial charge is 0.223 e. The Kier molecular flexibility index (Phi) is 6.99. The second-order valence-electron chi connectivity index (χ2n) is 5.36. The van der Waals surface area contributed by atoms with E-state index >= 15 is 0 Å². The number of hydrogen-bond acceptors (Lipinski definition) is 5. The Morgan fingerprint density at radius 2 is 2.04 bits per heavy atom. The summed E-state index contributed by atoms with van der Waals surface area (Å²) in [5, 5.41) is 9.53. The van der Waals surface area contributed by atoms with Crippen LogP contribution in [0, 0.1) is 0 Å². The number of aromatic nitrogens is 1. The van der Waals surface area contributed by atoms with Crippen LogP contribution in [0.3, 0.4) is 0 Å². The van der Waals surface area contributed by atoms with Crippen LogP contribution in [0.2, 0.25) is 0 Å². The van der Waals surface area contributed by atoms with Crippen LogP contribution in [0.15, 0.2) is 47.4 Å². The van der Waals surface area contributed by atoms with E-state index < -0.39 is 0 Å². The predicted octanol–water partition coefficient (Wildman–Crippen LogP) is 1.80. The van der Waals surface area contributed by atoms with Gasteiger partial charge in [0.25, 0.3) is 0 Å². The minimum absolute atomic E-state index is 0.228. The van der Waals surface area contributed by atoms with Crippen molar-refractivity contribution in [3.05, 3.63) is 64.1 Å². The third kappa shape index (κ3) is 4.67. The van der Waals surface area contributed by atoms with Gasteiger partial charge in [0, 0.05) is 18.3 Å². The molecule has 0 saturated carbocycles. The van der Waals surface area contributed by atoms with Crippen LogP contribution in [0.25, 0.3) is 0 Å². The summed E-state index contributed by atoms with van der Waals surface area (Å²) < 4.78 is 13.1. The first-order chi connectivity index (χ1) is 11.7. The molecule has 0 amide bonds. The number of hydrogen-bond donors (Lipinski definition) is 2. The Balaban J connectivity index is 2.25. The largest absolute Gasteiger partial charge is 0.483 e. The molecule has 0 aliphatic carbocycles. The van der Waals surface area contributed by atoms with Crippen LogP contribution in [0.4, 0.5) is 0 Å². The normalized spacial score (nSPS) is 12.1. The van der Waals surface area contributed by atoms with E-state index in [2.05, 4.69) is 0 Å². The Morgan fingerprint density at radius 1 is 1.29 bits per heavy atom. The highest BCUT2D eigenvalue weighted by molar-refractivity contribution is 5.23. The molecule has 1 aromatic carbocycles. The fourth-order valence-electron chi connectivity index (χ4n) is 2.41. The number of ether oxygens (including phenoxy) is 2. The van der Waals surface area contributed by atoms with Crippen molar-refractivity contribution in [3.8, 4) is 5.75 Å². The number of nitrogens with zero attached hydrogens (tertiary/aromatic N) is 1. The topological polar surface area (TPSA) is 86.7 Å². The zero-order valence-corrected chi connectivity index (χ0v) is 13.9. The molecule has 0 fully saturated rings. The summed E-state index contributed by atoms with van der Waals surface area (Å²) in [7, 11) is 0. The first-order valence-corrected chi connectivity index (χ1v) is 8.03. The second-order valence-corrected chi connectivity index (χ2v) is 5.36. The van der Waals surface area contributed by atoms with Crippen LogP contribution in [-0.4, -0.2) is 22.8 Å². The molecule has 2 rings (SSSR count). The van der Waals surface area contributed by atoms with Gasteiger partial charge < -0.3 is 24.9 Å². The van der Waals surface area contributed by atoms with Gasteiger partial charge in [0.1, 0.15) is 12.8 Å². The van der Waals surface area contributed by atoms with Crippen LogP contribution in [-0.2, 0) is 18.0 Å². The number of benzene rings is 1. The lowest BCUT2D eigenvalue weighted by molar-refractivity contribution is -0.000381. The van der Waals surface area contributed by atoms with Crippen LogP contribution >= 0.6 is 0 Å². The molecule has 1 aromatic heterocycles. The standard InChI is InChI=1S/C18H24N2O4/c1-2-18(23-9-8-19)20-11-17(16(22)10-15(20)12-21)24-13-14-6-4-3-5-7-14/h3-7,10-11,18,21H,2,8-9,12-13,19H2,1H3. The lowest BCUT2D eigenvalue weighted by atomic mass is 10.2. The maximum Gasteiger partial charge on any atom is 0.223 e. The molecule has 6 heteroatoms. The Bertz CT molecular complexity index is 685. The number of nitrogens with two attached hydrogens (primary N) is 1. The third-order valence-corrected chi connectivity index (χ3v) is 3.62. The molecule has 2 aromatic rings. The quantitative estimate of drug-likeness (QED) is 0.731. The summed E-state index contributed by atoms with van der Waals surface area (Å²) in [6, 6.07) is 11.0. The van der Waals surface area contributed by atoms with Gasteiger partial charge in [0.2, 0.25) is 5.43 Å². The summed E-state index contributed by atoms with van der Waals surface area (Å²) in [6.07, 6.45) is 1.96. The van der Waals surface area contributed by atoms with Crippen molar-refractivity contribution in [2.24, 2.45) is 5.73 Å². The van der Waals surface area contributed by atoms with Gasteiger partial charge in [-0.05, 0) is 12.0 Å². The highest BCUT2D eigenvalue weighted by atomic mass is 16.5. The maximum atomic E-state index is 12.2. The van der Waals surface area contributed by atoms with E-state index in [1.54, 1.807) is 10.8 Å². The van der Waals surface area contributed by atoms with E-state index in [0.717, 1.165) is 5.56 Å². The van der Waals surface area contributed by atoms with Gasteiger partial charge >= 0.3 is 0 Å². The zero-order chi connectivity index (χ0) is 17.4. The summed E-state index contributed by atoms with van der Waals surface area (Å²) in [4.78, 5) is 12.2. The number of aliphatic hydroxyl groups excluding tert-OH is 1. The van der Waals surface area contributed by atoms with Crippen LogP contribution < -0.4 is 15.9 Å². The maximum absolute atomic E-state index is 12.2. The second kappa shape index (κ2) is 9.22. The average Bonchev–Trinajstić information content (AvgIpc) is 2.62. The van der Waals surface area contributed by atoms with Crippen molar-refractivity contribution < 1.29 is 14.6 Å². The van der Waals surface area contributed by atoms with Gasteiger partial charge in [-0.1, -0.05) is 37.3 Å². The summed E-state index contributed by atoms with van der Waals surface area (Å²) in [5.41, 5.74) is 6.68. The number of pyridine rings is 1. The van der Waals surface area contributed by atoms with Gasteiger partial charge in [0.15, 0.2) is 5.75 Å². The molecule has 0 aliphatic rings. The Morgan fingerprint density at radius 3 is 2.67 bits per heavy atom. The highest BCUT2D eigenvalue weighted by Gasteiger charge is 2.15. The first kappa shape index (κ1) is 18.2. The zero-order valence-electron chi connectivity index (χ0n) is 13.9. The van der Waals surface area contributed by atoms with Crippen molar-refractivity contribution in [1.29, 1.82) is 0 Å². The van der Waals surface area contributed by atoms with Gasteiger partial charge in [-0.15, -0.1) is 0 Å². The van der Waals surface area contributed by atoms with E-state index in [9.17, 15) is 9.90 Å². The molecule has 1 atom stereocenters. The van der Waals surface area contributed by atoms with E-state index in [1.165, 1.54) is 6.07 Å². The Labute approximate surface area is 141 Å². The number of rotatable bonds is 9. The molecular weight excluding hydrogens is 308 g/mol. The van der Waals surface area contributed by atoms with Crippen molar-refractivity contribution in [2.75, 3.05) is 13.2 Å². The van der Waals surface area contributed by atoms with E-state index in [-0.39, 0.29) is 24.0 Å². The average molecular weight is 332 g/mol. The molecule has 0 radical (unpaired) electrons. The number of aliphatic hydroxyl groups is 1. The summed E-state index contributed by atoms with van der Waals surface area (Å²) in [6.45, 7) is 2.81. The lowest BCUT2D eigenvalue weighted by Gasteiger charge is -2.23. The molecule has 24 heavy (non-hydrogen) atoms. The van der Waals surface area contributed by atoms with Crippen molar-refractivity contribution >= 4 is 0 Å². The van der Waals surface area contributed by atoms with E-state index in [1.807, 2.05) is 37.3 Å². The van der Waals surface area contributed by atoms with Crippen LogP contribution in [0.1, 0.15) is 30.8 Å². The Hall–Kier alpha value is -2.15. The van der Waals surface area contributed by atoms with Crippen molar-refractivity contribution in [2.45, 2.75) is 32.8 Å². The third-order valence-electron chi connectivity index (χ3n) is 3.62. The molecule has 1 unspecified atom stereocenters. The molecule has 0 aliphatic heterocycles. The molecule has 0 saturated heterocycles. The minimum Gasteiger partial charge on any atom is -0.483 e. The fourth-order valence-corrected chi connectivity index (χ4v) is 2.41. The monoisotopic (exact) mass is 332 g/mol. The van der Waals surface area contributed by atoms with Gasteiger partial charge in [0.05, 0.1) is 19.4 Å². The lowest BCUT2D eigenvalue weighted by Crippen LogP contribution is -2.22. The van der Waals surface area contributed by atoms with Crippen molar-refractivity contribution in [3.63, 3.8) is 0 Å². The van der Waals surface area contributed by atoms with Gasteiger partial charge in [-0.2, -0.15) is 0 Å².